The van der Waals surface area contributed by atoms with Gasteiger partial charge in [0.15, 0.2) is 16.7 Å². The van der Waals surface area contributed by atoms with Crippen LogP contribution in [0, 0.1) is 0 Å². The molecular formula is C10H16ClN3OS. The van der Waals surface area contributed by atoms with E-state index >= 15 is 0 Å². The highest BCUT2D eigenvalue weighted by atomic mass is 35.5. The average molecular weight is 262 g/mol. The Labute approximate surface area is 105 Å². The number of hydrogen-bond acceptors (Lipinski definition) is 5. The predicted molar refractivity (Wildman–Crippen MR) is 69.7 cm³/mol. The minimum absolute atomic E-state index is 0.331. The van der Waals surface area contributed by atoms with Gasteiger partial charge in [0.2, 0.25) is 0 Å². The van der Waals surface area contributed by atoms with Crippen molar-refractivity contribution in [2.24, 2.45) is 0 Å². The molecule has 0 spiro atoms. The lowest BCUT2D eigenvalue weighted by Crippen LogP contribution is -2.10. The largest absolute Gasteiger partial charge is 0.490 e. The van der Waals surface area contributed by atoms with Crippen molar-refractivity contribution in [3.05, 3.63) is 11.5 Å². The third kappa shape index (κ3) is 3.72. The minimum Gasteiger partial charge on any atom is -0.490 e. The van der Waals surface area contributed by atoms with Gasteiger partial charge in [-0.3, -0.25) is 0 Å². The number of thioether (sulfide) groups is 1. The predicted octanol–water partition coefficient (Wildman–Crippen LogP) is 2.69. The van der Waals surface area contributed by atoms with Gasteiger partial charge in [0.1, 0.15) is 6.33 Å². The van der Waals surface area contributed by atoms with Crippen LogP contribution in [0.2, 0.25) is 5.15 Å². The summed E-state index contributed by atoms with van der Waals surface area (Å²) in [6.07, 6.45) is 4.59. The molecule has 16 heavy (non-hydrogen) atoms. The molecule has 0 saturated carbocycles. The fourth-order valence-electron chi connectivity index (χ4n) is 1.17. The summed E-state index contributed by atoms with van der Waals surface area (Å²) in [7, 11) is 1.56. The third-order valence-corrected chi connectivity index (χ3v) is 3.52. The Bertz CT molecular complexity index is 338. The van der Waals surface area contributed by atoms with Gasteiger partial charge in [-0.05, 0) is 12.7 Å². The molecule has 1 atom stereocenters. The first kappa shape index (κ1) is 13.4. The maximum atomic E-state index is 5.88. The van der Waals surface area contributed by atoms with Crippen LogP contribution in [0.25, 0.3) is 0 Å². The Morgan fingerprint density at radius 3 is 2.94 bits per heavy atom. The maximum Gasteiger partial charge on any atom is 0.198 e. The standard InChI is InChI=1S/C10H16ClN3OS/c1-7(16-3)4-5-12-10-8(15-2)9(11)13-6-14-10/h6-7H,4-5H2,1-3H3,(H,12,13,14). The summed E-state index contributed by atoms with van der Waals surface area (Å²) < 4.78 is 5.14. The van der Waals surface area contributed by atoms with Crippen LogP contribution in [-0.4, -0.2) is 35.1 Å². The molecule has 0 fully saturated rings. The van der Waals surface area contributed by atoms with Gasteiger partial charge in [0.25, 0.3) is 0 Å². The van der Waals surface area contributed by atoms with E-state index in [2.05, 4.69) is 28.5 Å². The molecule has 0 aliphatic heterocycles. The monoisotopic (exact) mass is 261 g/mol. The van der Waals surface area contributed by atoms with Crippen molar-refractivity contribution in [1.29, 1.82) is 0 Å². The lowest BCUT2D eigenvalue weighted by atomic mass is 10.3. The van der Waals surface area contributed by atoms with Gasteiger partial charge in [0.05, 0.1) is 7.11 Å². The normalized spacial score (nSPS) is 12.2. The lowest BCUT2D eigenvalue weighted by molar-refractivity contribution is 0.413. The number of aromatic nitrogens is 2. The summed E-state index contributed by atoms with van der Waals surface area (Å²) in [6, 6.07) is 0. The molecule has 1 aromatic heterocycles. The van der Waals surface area contributed by atoms with E-state index in [0.29, 0.717) is 22.0 Å². The highest BCUT2D eigenvalue weighted by molar-refractivity contribution is 7.99. The van der Waals surface area contributed by atoms with Crippen molar-refractivity contribution < 1.29 is 4.74 Å². The van der Waals surface area contributed by atoms with Crippen molar-refractivity contribution in [3.8, 4) is 5.75 Å². The summed E-state index contributed by atoms with van der Waals surface area (Å²) >= 11 is 7.72. The van der Waals surface area contributed by atoms with Gasteiger partial charge < -0.3 is 10.1 Å². The highest BCUT2D eigenvalue weighted by Gasteiger charge is 2.09. The number of nitrogens with one attached hydrogen (secondary N) is 1. The number of halogens is 1. The van der Waals surface area contributed by atoms with Gasteiger partial charge in [-0.15, -0.1) is 0 Å². The van der Waals surface area contributed by atoms with Crippen LogP contribution in [0.3, 0.4) is 0 Å². The van der Waals surface area contributed by atoms with E-state index in [1.807, 2.05) is 11.8 Å². The molecule has 0 amide bonds. The molecule has 1 N–H and O–H groups in total. The van der Waals surface area contributed by atoms with Crippen molar-refractivity contribution in [3.63, 3.8) is 0 Å². The van der Waals surface area contributed by atoms with E-state index in [0.717, 1.165) is 13.0 Å². The highest BCUT2D eigenvalue weighted by Crippen LogP contribution is 2.28. The number of anilines is 1. The summed E-state index contributed by atoms with van der Waals surface area (Å²) in [5.74, 6) is 1.15. The number of methoxy groups -OCH3 is 1. The summed E-state index contributed by atoms with van der Waals surface area (Å²) in [5.41, 5.74) is 0. The molecule has 6 heteroatoms. The Hall–Kier alpha value is -0.680. The Morgan fingerprint density at radius 2 is 2.31 bits per heavy atom. The molecule has 0 aliphatic carbocycles. The number of ether oxygens (including phenoxy) is 1. The van der Waals surface area contributed by atoms with E-state index < -0.39 is 0 Å². The topological polar surface area (TPSA) is 47.0 Å². The Kier molecular flexibility index (Phi) is 5.69. The van der Waals surface area contributed by atoms with Crippen LogP contribution >= 0.6 is 23.4 Å². The van der Waals surface area contributed by atoms with Crippen molar-refractivity contribution in [2.75, 3.05) is 25.2 Å². The molecule has 1 aromatic rings. The number of hydrogen-bond donors (Lipinski definition) is 1. The molecule has 0 aromatic carbocycles. The molecule has 0 bridgehead atoms. The first-order chi connectivity index (χ1) is 7.69. The summed E-state index contributed by atoms with van der Waals surface area (Å²) in [6.45, 7) is 3.03. The fraction of sp³-hybridized carbons (Fsp3) is 0.600. The van der Waals surface area contributed by atoms with Gasteiger partial charge in [-0.1, -0.05) is 18.5 Å². The summed E-state index contributed by atoms with van der Waals surface area (Å²) in [4.78, 5) is 7.95. The second-order valence-corrected chi connectivity index (χ2v) is 4.94. The molecule has 0 saturated heterocycles. The molecule has 1 heterocycles. The first-order valence-corrected chi connectivity index (χ1v) is 6.66. The van der Waals surface area contributed by atoms with Gasteiger partial charge in [-0.2, -0.15) is 11.8 Å². The molecule has 90 valence electrons. The number of rotatable bonds is 6. The van der Waals surface area contributed by atoms with E-state index in [1.165, 1.54) is 6.33 Å². The van der Waals surface area contributed by atoms with E-state index in [4.69, 9.17) is 16.3 Å². The van der Waals surface area contributed by atoms with Gasteiger partial charge in [0, 0.05) is 11.8 Å². The smallest absolute Gasteiger partial charge is 0.198 e. The average Bonchev–Trinajstić information content (AvgIpc) is 2.29. The zero-order chi connectivity index (χ0) is 12.0. The quantitative estimate of drug-likeness (QED) is 0.798. The SMILES string of the molecule is COc1c(Cl)ncnc1NCCC(C)SC. The third-order valence-electron chi connectivity index (χ3n) is 2.21. The van der Waals surface area contributed by atoms with Crippen LogP contribution < -0.4 is 10.1 Å². The second kappa shape index (κ2) is 6.81. The maximum absolute atomic E-state index is 5.88. The molecule has 0 radical (unpaired) electrons. The van der Waals surface area contributed by atoms with Crippen LogP contribution in [0.15, 0.2) is 6.33 Å². The van der Waals surface area contributed by atoms with Crippen molar-refractivity contribution in [1.82, 2.24) is 9.97 Å². The lowest BCUT2D eigenvalue weighted by Gasteiger charge is -2.12. The van der Waals surface area contributed by atoms with Crippen LogP contribution in [0.4, 0.5) is 5.82 Å². The number of nitrogens with zero attached hydrogens (tertiary/aromatic N) is 2. The molecular weight excluding hydrogens is 246 g/mol. The van der Waals surface area contributed by atoms with Crippen molar-refractivity contribution >= 4 is 29.2 Å². The van der Waals surface area contributed by atoms with Crippen LogP contribution in [0.5, 0.6) is 5.75 Å². The summed E-state index contributed by atoms with van der Waals surface area (Å²) in [5, 5.41) is 4.15. The fourth-order valence-corrected chi connectivity index (χ4v) is 1.73. The zero-order valence-electron chi connectivity index (χ0n) is 9.66. The molecule has 1 rings (SSSR count). The van der Waals surface area contributed by atoms with Crippen molar-refractivity contribution in [2.45, 2.75) is 18.6 Å². The first-order valence-electron chi connectivity index (χ1n) is 5.00. The Morgan fingerprint density at radius 1 is 1.56 bits per heavy atom. The van der Waals surface area contributed by atoms with E-state index in [9.17, 15) is 0 Å². The molecule has 0 aliphatic rings. The zero-order valence-corrected chi connectivity index (χ0v) is 11.2. The Balaban J connectivity index is 2.56. The van der Waals surface area contributed by atoms with E-state index in [1.54, 1.807) is 7.11 Å². The van der Waals surface area contributed by atoms with Crippen LogP contribution in [0.1, 0.15) is 13.3 Å². The van der Waals surface area contributed by atoms with Gasteiger partial charge >= 0.3 is 0 Å². The second-order valence-electron chi connectivity index (χ2n) is 3.31. The molecule has 4 nitrogen and oxygen atoms in total. The van der Waals surface area contributed by atoms with E-state index in [-0.39, 0.29) is 0 Å². The van der Waals surface area contributed by atoms with Gasteiger partial charge in [-0.25, -0.2) is 9.97 Å². The molecule has 1 unspecified atom stereocenters. The van der Waals surface area contributed by atoms with Crippen LogP contribution in [-0.2, 0) is 0 Å². The minimum atomic E-state index is 0.331.